The van der Waals surface area contributed by atoms with Gasteiger partial charge in [0.25, 0.3) is 0 Å². The molecule has 6 aliphatic rings. The molecule has 24 heavy (non-hydrogen) atoms. The standard InChI is InChI=1S/C20H19NO3/c22-16-6-1-9-7-10(2-3-11(9)16)21-19(23)17-12-4-5-13(15-8-14(12)15)18(17)20(21)24/h2-3,7,12-15,17-18H,1,4-6,8H2/t12-,13+,14-,15+,17-,18+. The number of nitrogens with zero attached hydrogens (tertiary/aromatic N) is 1. The molecule has 2 bridgehead atoms. The van der Waals surface area contributed by atoms with Crippen molar-refractivity contribution in [3.8, 4) is 0 Å². The molecule has 7 rings (SSSR count). The Morgan fingerprint density at radius 1 is 0.833 bits per heavy atom. The Kier molecular flexibility index (Phi) is 2.31. The van der Waals surface area contributed by atoms with Crippen molar-refractivity contribution in [1.82, 2.24) is 0 Å². The normalized spacial score (nSPS) is 41.5. The van der Waals surface area contributed by atoms with Crippen molar-refractivity contribution >= 4 is 23.3 Å². The zero-order valence-corrected chi connectivity index (χ0v) is 13.4. The molecule has 1 aromatic rings. The molecular formula is C20H19NO3. The first kappa shape index (κ1) is 13.3. The molecule has 4 saturated carbocycles. The van der Waals surface area contributed by atoms with Gasteiger partial charge in [-0.1, -0.05) is 0 Å². The zero-order valence-electron chi connectivity index (χ0n) is 13.4. The molecule has 1 saturated heterocycles. The summed E-state index contributed by atoms with van der Waals surface area (Å²) < 4.78 is 0. The van der Waals surface area contributed by atoms with E-state index < -0.39 is 0 Å². The first-order valence-corrected chi connectivity index (χ1v) is 9.19. The fraction of sp³-hybridized carbons (Fsp3) is 0.550. The quantitative estimate of drug-likeness (QED) is 0.747. The molecule has 4 heteroatoms. The van der Waals surface area contributed by atoms with Crippen molar-refractivity contribution in [2.45, 2.75) is 32.1 Å². The Morgan fingerprint density at radius 2 is 1.50 bits per heavy atom. The van der Waals surface area contributed by atoms with Crippen LogP contribution in [0.4, 0.5) is 5.69 Å². The second-order valence-corrected chi connectivity index (χ2v) is 8.30. The van der Waals surface area contributed by atoms with Crippen LogP contribution >= 0.6 is 0 Å². The van der Waals surface area contributed by atoms with Crippen LogP contribution in [0, 0.1) is 35.5 Å². The second-order valence-electron chi connectivity index (χ2n) is 8.30. The number of rotatable bonds is 1. The summed E-state index contributed by atoms with van der Waals surface area (Å²) >= 11 is 0. The Hall–Kier alpha value is -1.97. The van der Waals surface area contributed by atoms with E-state index in [1.165, 1.54) is 11.3 Å². The molecule has 6 atom stereocenters. The number of Topliss-reactive ketones (excluding diaryl/α,β-unsaturated/α-hetero) is 1. The van der Waals surface area contributed by atoms with Gasteiger partial charge < -0.3 is 0 Å². The third-order valence-corrected chi connectivity index (χ3v) is 7.41. The first-order valence-electron chi connectivity index (χ1n) is 9.19. The minimum absolute atomic E-state index is 0.0225. The van der Waals surface area contributed by atoms with Gasteiger partial charge in [0.2, 0.25) is 11.8 Å². The smallest absolute Gasteiger partial charge is 0.237 e. The van der Waals surface area contributed by atoms with Crippen molar-refractivity contribution in [1.29, 1.82) is 0 Å². The van der Waals surface area contributed by atoms with E-state index in [1.54, 1.807) is 12.1 Å². The predicted octanol–water partition coefficient (Wildman–Crippen LogP) is 2.60. The van der Waals surface area contributed by atoms with Gasteiger partial charge in [-0.15, -0.1) is 0 Å². The van der Waals surface area contributed by atoms with Gasteiger partial charge in [0.15, 0.2) is 5.78 Å². The van der Waals surface area contributed by atoms with Gasteiger partial charge in [-0.3, -0.25) is 19.3 Å². The number of carbonyl (C=O) groups is 3. The monoisotopic (exact) mass is 321 g/mol. The van der Waals surface area contributed by atoms with Crippen LogP contribution in [0.3, 0.4) is 0 Å². The van der Waals surface area contributed by atoms with Crippen LogP contribution in [0.1, 0.15) is 41.6 Å². The summed E-state index contributed by atoms with van der Waals surface area (Å²) in [5, 5.41) is 0. The summed E-state index contributed by atoms with van der Waals surface area (Å²) in [6, 6.07) is 5.49. The SMILES string of the molecule is O=C1CCc2cc(N3C(=O)[C@@H]4[C@@H]5CC[C@@H]([C@@H]6C[C@@H]65)[C@@H]4C3=O)ccc21. The van der Waals surface area contributed by atoms with E-state index in [9.17, 15) is 14.4 Å². The van der Waals surface area contributed by atoms with Crippen molar-refractivity contribution in [3.63, 3.8) is 0 Å². The summed E-state index contributed by atoms with van der Waals surface area (Å²) in [6.45, 7) is 0. The molecule has 0 unspecified atom stereocenters. The number of aryl methyl sites for hydroxylation is 1. The molecule has 0 radical (unpaired) electrons. The zero-order chi connectivity index (χ0) is 16.2. The van der Waals surface area contributed by atoms with Crippen LogP contribution in [0.5, 0.6) is 0 Å². The molecule has 0 spiro atoms. The van der Waals surface area contributed by atoms with Gasteiger partial charge in [0, 0.05) is 12.0 Å². The lowest BCUT2D eigenvalue weighted by molar-refractivity contribution is -0.129. The number of carbonyl (C=O) groups excluding carboxylic acids is 3. The maximum absolute atomic E-state index is 13.1. The molecule has 122 valence electrons. The molecule has 1 aliphatic heterocycles. The van der Waals surface area contributed by atoms with Gasteiger partial charge in [-0.2, -0.15) is 0 Å². The summed E-state index contributed by atoms with van der Waals surface area (Å²) in [6.07, 6.45) is 4.75. The maximum Gasteiger partial charge on any atom is 0.237 e. The van der Waals surface area contributed by atoms with E-state index in [0.29, 0.717) is 35.8 Å². The van der Waals surface area contributed by atoms with Gasteiger partial charge in [0.1, 0.15) is 0 Å². The van der Waals surface area contributed by atoms with E-state index in [1.807, 2.05) is 6.07 Å². The van der Waals surface area contributed by atoms with Gasteiger partial charge in [-0.25, -0.2) is 0 Å². The van der Waals surface area contributed by atoms with E-state index in [4.69, 9.17) is 0 Å². The fourth-order valence-electron chi connectivity index (χ4n) is 6.37. The molecule has 1 aromatic carbocycles. The molecule has 5 aliphatic carbocycles. The average molecular weight is 321 g/mol. The summed E-state index contributed by atoms with van der Waals surface area (Å²) in [4.78, 5) is 39.5. The molecule has 0 N–H and O–H groups in total. The van der Waals surface area contributed by atoms with Crippen LogP contribution in [-0.4, -0.2) is 17.6 Å². The number of anilines is 1. The number of benzene rings is 1. The summed E-state index contributed by atoms with van der Waals surface area (Å²) in [5.74, 6) is 2.35. The second kappa shape index (κ2) is 4.16. The van der Waals surface area contributed by atoms with Crippen molar-refractivity contribution in [3.05, 3.63) is 29.3 Å². The Morgan fingerprint density at radius 3 is 2.17 bits per heavy atom. The van der Waals surface area contributed by atoms with Crippen LogP contribution < -0.4 is 4.90 Å². The minimum Gasteiger partial charge on any atom is -0.294 e. The highest BCUT2D eigenvalue weighted by atomic mass is 16.2. The van der Waals surface area contributed by atoms with Crippen molar-refractivity contribution in [2.24, 2.45) is 35.5 Å². The van der Waals surface area contributed by atoms with Crippen LogP contribution in [0.25, 0.3) is 0 Å². The van der Waals surface area contributed by atoms with Gasteiger partial charge in [-0.05, 0) is 73.1 Å². The first-order chi connectivity index (χ1) is 11.6. The lowest BCUT2D eigenvalue weighted by Crippen LogP contribution is -2.43. The van der Waals surface area contributed by atoms with Crippen molar-refractivity contribution < 1.29 is 14.4 Å². The molecule has 5 fully saturated rings. The number of ketones is 1. The van der Waals surface area contributed by atoms with Gasteiger partial charge in [0.05, 0.1) is 17.5 Å². The van der Waals surface area contributed by atoms with E-state index in [0.717, 1.165) is 30.4 Å². The number of hydrogen-bond acceptors (Lipinski definition) is 3. The number of imide groups is 1. The predicted molar refractivity (Wildman–Crippen MR) is 86.4 cm³/mol. The molecule has 1 heterocycles. The van der Waals surface area contributed by atoms with Crippen LogP contribution in [0.15, 0.2) is 18.2 Å². The highest BCUT2D eigenvalue weighted by molar-refractivity contribution is 6.22. The van der Waals surface area contributed by atoms with E-state index >= 15 is 0 Å². The minimum atomic E-state index is -0.0742. The Labute approximate surface area is 140 Å². The third kappa shape index (κ3) is 1.44. The number of fused-ring (bicyclic) bond motifs is 2. The fourth-order valence-corrected chi connectivity index (χ4v) is 6.37. The van der Waals surface area contributed by atoms with Crippen molar-refractivity contribution in [2.75, 3.05) is 4.90 Å². The lowest BCUT2D eigenvalue weighted by Gasteiger charge is -2.42. The van der Waals surface area contributed by atoms with Crippen LogP contribution in [0.2, 0.25) is 0 Å². The Bertz CT molecular complexity index is 794. The largest absolute Gasteiger partial charge is 0.294 e. The molecular weight excluding hydrogens is 302 g/mol. The number of amides is 2. The Balaban J connectivity index is 1.42. The lowest BCUT2D eigenvalue weighted by atomic mass is 9.59. The van der Waals surface area contributed by atoms with Gasteiger partial charge >= 0.3 is 0 Å². The molecule has 2 amide bonds. The average Bonchev–Trinajstić information content (AvgIpc) is 3.28. The maximum atomic E-state index is 13.1. The van der Waals surface area contributed by atoms with E-state index in [2.05, 4.69) is 0 Å². The molecule has 0 aromatic heterocycles. The third-order valence-electron chi connectivity index (χ3n) is 7.41. The molecule has 4 nitrogen and oxygen atoms in total. The highest BCUT2D eigenvalue weighted by Crippen LogP contribution is 2.68. The van der Waals surface area contributed by atoms with Crippen LogP contribution in [-0.2, 0) is 16.0 Å². The highest BCUT2D eigenvalue weighted by Gasteiger charge is 2.68. The summed E-state index contributed by atoms with van der Waals surface area (Å²) in [7, 11) is 0. The summed E-state index contributed by atoms with van der Waals surface area (Å²) in [5.41, 5.74) is 2.43. The number of hydrogen-bond donors (Lipinski definition) is 0. The topological polar surface area (TPSA) is 54.5 Å². The van der Waals surface area contributed by atoms with E-state index in [-0.39, 0.29) is 29.4 Å².